The van der Waals surface area contributed by atoms with E-state index in [4.69, 9.17) is 11.6 Å². The van der Waals surface area contributed by atoms with Crippen LogP contribution in [-0.4, -0.2) is 32.5 Å². The Morgan fingerprint density at radius 1 is 1.11 bits per heavy atom. The second-order valence-corrected chi connectivity index (χ2v) is 8.61. The summed E-state index contributed by atoms with van der Waals surface area (Å²) in [5, 5.41) is 0.275. The first-order chi connectivity index (χ1) is 12.7. The number of halogens is 1. The van der Waals surface area contributed by atoms with Crippen LogP contribution in [0.2, 0.25) is 5.02 Å². The molecule has 1 heterocycles. The zero-order chi connectivity index (χ0) is 19.8. The van der Waals surface area contributed by atoms with Crippen LogP contribution in [-0.2, 0) is 16.4 Å². The number of hydrogen-bond acceptors (Lipinski definition) is 4. The minimum absolute atomic E-state index is 0.215. The number of hydrogen-bond donors (Lipinski definition) is 2. The summed E-state index contributed by atoms with van der Waals surface area (Å²) in [7, 11) is -3.39. The van der Waals surface area contributed by atoms with Gasteiger partial charge in [-0.2, -0.15) is 0 Å². The Morgan fingerprint density at radius 3 is 2.44 bits per heavy atom. The highest BCUT2D eigenvalue weighted by atomic mass is 35.5. The number of anilines is 1. The first-order valence-corrected chi connectivity index (χ1v) is 10.4. The smallest absolute Gasteiger partial charge is 0.267 e. The predicted octanol–water partition coefficient (Wildman–Crippen LogP) is 2.13. The lowest BCUT2D eigenvalue weighted by atomic mass is 10.1. The molecule has 0 unspecified atom stereocenters. The Hall–Kier alpha value is -2.58. The largest absolute Gasteiger partial charge is 0.271 e. The number of nitrogens with zero attached hydrogens (tertiary/aromatic N) is 1. The zero-order valence-electron chi connectivity index (χ0n) is 14.7. The van der Waals surface area contributed by atoms with Gasteiger partial charge in [-0.25, -0.2) is 8.42 Å². The van der Waals surface area contributed by atoms with Gasteiger partial charge >= 0.3 is 0 Å². The molecule has 0 radical (unpaired) electrons. The molecule has 0 saturated heterocycles. The highest BCUT2D eigenvalue weighted by Gasteiger charge is 2.32. The SMILES string of the molecule is C[C@H]1Cc2cc(C(=O)NNC(=O)c3ccccc3Cl)ccc2N1S(C)(=O)=O. The Balaban J connectivity index is 1.73. The van der Waals surface area contributed by atoms with Crippen molar-refractivity contribution in [1.29, 1.82) is 0 Å². The lowest BCUT2D eigenvalue weighted by molar-refractivity contribution is 0.0846. The predicted molar refractivity (Wildman–Crippen MR) is 103 cm³/mol. The number of rotatable bonds is 3. The number of nitrogens with one attached hydrogen (secondary N) is 2. The summed E-state index contributed by atoms with van der Waals surface area (Å²) < 4.78 is 25.3. The fourth-order valence-electron chi connectivity index (χ4n) is 3.15. The average molecular weight is 408 g/mol. The molecule has 1 aliphatic rings. The standard InChI is InChI=1S/C18H18ClN3O4S/c1-11-9-13-10-12(7-8-16(13)22(11)27(2,25)26)17(23)20-21-18(24)14-5-3-4-6-15(14)19/h3-8,10-11H,9H2,1-2H3,(H,20,23)(H,21,24)/t11-/m0/s1. The summed E-state index contributed by atoms with van der Waals surface area (Å²) in [6.45, 7) is 1.81. The molecular weight excluding hydrogens is 390 g/mol. The van der Waals surface area contributed by atoms with Crippen molar-refractivity contribution in [1.82, 2.24) is 10.9 Å². The van der Waals surface area contributed by atoms with Gasteiger partial charge in [0.15, 0.2) is 0 Å². The number of hydrazine groups is 1. The Morgan fingerprint density at radius 2 is 1.78 bits per heavy atom. The molecule has 2 N–H and O–H groups in total. The first-order valence-electron chi connectivity index (χ1n) is 8.16. The Labute approximate surface area is 162 Å². The van der Waals surface area contributed by atoms with Crippen molar-refractivity contribution < 1.29 is 18.0 Å². The number of fused-ring (bicyclic) bond motifs is 1. The molecule has 2 amide bonds. The van der Waals surface area contributed by atoms with Crippen LogP contribution in [0, 0.1) is 0 Å². The molecule has 9 heteroatoms. The van der Waals surface area contributed by atoms with Crippen molar-refractivity contribution in [2.24, 2.45) is 0 Å². The number of benzene rings is 2. The van der Waals surface area contributed by atoms with E-state index in [9.17, 15) is 18.0 Å². The van der Waals surface area contributed by atoms with Crippen LogP contribution in [0.4, 0.5) is 5.69 Å². The summed E-state index contributed by atoms with van der Waals surface area (Å²) >= 11 is 5.95. The van der Waals surface area contributed by atoms with Crippen LogP contribution in [0.25, 0.3) is 0 Å². The maximum atomic E-state index is 12.3. The van der Waals surface area contributed by atoms with E-state index in [2.05, 4.69) is 10.9 Å². The van der Waals surface area contributed by atoms with Crippen molar-refractivity contribution in [3.8, 4) is 0 Å². The second kappa shape index (κ2) is 7.21. The van der Waals surface area contributed by atoms with E-state index in [0.717, 1.165) is 11.8 Å². The molecule has 0 spiro atoms. The van der Waals surface area contributed by atoms with Gasteiger partial charge in [0.05, 0.1) is 22.5 Å². The zero-order valence-corrected chi connectivity index (χ0v) is 16.3. The number of amides is 2. The lowest BCUT2D eigenvalue weighted by Crippen LogP contribution is -2.41. The summed E-state index contributed by atoms with van der Waals surface area (Å²) in [5.41, 5.74) is 6.55. The minimum atomic E-state index is -3.39. The van der Waals surface area contributed by atoms with E-state index in [1.54, 1.807) is 36.4 Å². The van der Waals surface area contributed by atoms with Crippen LogP contribution < -0.4 is 15.2 Å². The van der Waals surface area contributed by atoms with Crippen molar-refractivity contribution in [3.63, 3.8) is 0 Å². The topological polar surface area (TPSA) is 95.6 Å². The van der Waals surface area contributed by atoms with E-state index in [-0.39, 0.29) is 16.6 Å². The summed E-state index contributed by atoms with van der Waals surface area (Å²) in [4.78, 5) is 24.4. The highest BCUT2D eigenvalue weighted by Crippen LogP contribution is 2.34. The minimum Gasteiger partial charge on any atom is -0.267 e. The monoisotopic (exact) mass is 407 g/mol. The van der Waals surface area contributed by atoms with E-state index >= 15 is 0 Å². The molecule has 0 fully saturated rings. The van der Waals surface area contributed by atoms with Gasteiger partial charge in [-0.3, -0.25) is 24.7 Å². The van der Waals surface area contributed by atoms with Crippen molar-refractivity contribution >= 4 is 39.1 Å². The fraction of sp³-hybridized carbons (Fsp3) is 0.222. The third-order valence-corrected chi connectivity index (χ3v) is 5.86. The maximum absolute atomic E-state index is 12.3. The molecule has 142 valence electrons. The molecule has 2 aromatic rings. The summed E-state index contributed by atoms with van der Waals surface area (Å²) in [5.74, 6) is -1.05. The molecule has 7 nitrogen and oxygen atoms in total. The highest BCUT2D eigenvalue weighted by molar-refractivity contribution is 7.92. The molecule has 3 rings (SSSR count). The number of carbonyl (C=O) groups is 2. The van der Waals surface area contributed by atoms with E-state index in [0.29, 0.717) is 17.7 Å². The van der Waals surface area contributed by atoms with Gasteiger partial charge < -0.3 is 0 Å². The van der Waals surface area contributed by atoms with Gasteiger partial charge in [-0.05, 0) is 49.2 Å². The van der Waals surface area contributed by atoms with Crippen LogP contribution in [0.15, 0.2) is 42.5 Å². The van der Waals surface area contributed by atoms with Gasteiger partial charge in [0.25, 0.3) is 11.8 Å². The Bertz CT molecular complexity index is 1020. The molecular formula is C18H18ClN3O4S. The summed E-state index contributed by atoms with van der Waals surface area (Å²) in [6.07, 6.45) is 1.67. The summed E-state index contributed by atoms with van der Waals surface area (Å²) in [6, 6.07) is 11.0. The van der Waals surface area contributed by atoms with Gasteiger partial charge in [0.2, 0.25) is 10.0 Å². The van der Waals surface area contributed by atoms with Gasteiger partial charge in [0, 0.05) is 11.6 Å². The average Bonchev–Trinajstić information content (AvgIpc) is 2.94. The van der Waals surface area contributed by atoms with E-state index in [1.807, 2.05) is 6.92 Å². The van der Waals surface area contributed by atoms with Crippen LogP contribution >= 0.6 is 11.6 Å². The fourth-order valence-corrected chi connectivity index (χ4v) is 4.63. The van der Waals surface area contributed by atoms with Crippen LogP contribution in [0.5, 0.6) is 0 Å². The Kier molecular flexibility index (Phi) is 5.12. The normalized spacial score (nSPS) is 16.0. The maximum Gasteiger partial charge on any atom is 0.271 e. The number of sulfonamides is 1. The molecule has 0 bridgehead atoms. The first kappa shape index (κ1) is 19.2. The van der Waals surface area contributed by atoms with Crippen molar-refractivity contribution in [3.05, 3.63) is 64.2 Å². The number of carbonyl (C=O) groups excluding carboxylic acids is 2. The van der Waals surface area contributed by atoms with Crippen LogP contribution in [0.1, 0.15) is 33.2 Å². The molecule has 2 aromatic carbocycles. The quantitative estimate of drug-likeness (QED) is 0.762. The molecule has 27 heavy (non-hydrogen) atoms. The lowest BCUT2D eigenvalue weighted by Gasteiger charge is -2.21. The van der Waals surface area contributed by atoms with E-state index < -0.39 is 21.8 Å². The molecule has 0 aliphatic carbocycles. The van der Waals surface area contributed by atoms with Gasteiger partial charge in [-0.15, -0.1) is 0 Å². The van der Waals surface area contributed by atoms with Crippen molar-refractivity contribution in [2.45, 2.75) is 19.4 Å². The third-order valence-electron chi connectivity index (χ3n) is 4.26. The third kappa shape index (κ3) is 3.91. The molecule has 1 atom stereocenters. The second-order valence-electron chi connectivity index (χ2n) is 6.34. The van der Waals surface area contributed by atoms with Gasteiger partial charge in [0.1, 0.15) is 0 Å². The molecule has 0 aromatic heterocycles. The van der Waals surface area contributed by atoms with Crippen molar-refractivity contribution in [2.75, 3.05) is 10.6 Å². The van der Waals surface area contributed by atoms with E-state index in [1.165, 1.54) is 10.4 Å². The molecule has 0 saturated carbocycles. The van der Waals surface area contributed by atoms with Crippen LogP contribution in [0.3, 0.4) is 0 Å². The molecule has 1 aliphatic heterocycles. The van der Waals surface area contributed by atoms with Gasteiger partial charge in [-0.1, -0.05) is 23.7 Å².